The molecule has 1 heterocycles. The Kier molecular flexibility index (Phi) is 5.28. The summed E-state index contributed by atoms with van der Waals surface area (Å²) in [6.45, 7) is 12.0. The minimum absolute atomic E-state index is 0.222. The maximum Gasteiger partial charge on any atom is 0.141 e. The van der Waals surface area contributed by atoms with Crippen LogP contribution in [0.4, 0.5) is 0 Å². The van der Waals surface area contributed by atoms with E-state index in [-0.39, 0.29) is 6.04 Å². The SMILES string of the molecule is C=C(ONC(C)=NC)C(C)N1CCNCC1. The minimum Gasteiger partial charge on any atom is -0.384 e. The van der Waals surface area contributed by atoms with Crippen molar-refractivity contribution >= 4 is 5.84 Å². The molecule has 0 aromatic carbocycles. The van der Waals surface area contributed by atoms with Crippen molar-refractivity contribution in [3.05, 3.63) is 12.3 Å². The molecule has 1 rings (SSSR count). The molecule has 1 atom stereocenters. The van der Waals surface area contributed by atoms with Gasteiger partial charge in [0.15, 0.2) is 0 Å². The quantitative estimate of drug-likeness (QED) is 0.314. The van der Waals surface area contributed by atoms with Crippen LogP contribution in [0.15, 0.2) is 17.3 Å². The van der Waals surface area contributed by atoms with Crippen molar-refractivity contribution in [3.63, 3.8) is 0 Å². The lowest BCUT2D eigenvalue weighted by Crippen LogP contribution is -2.48. The predicted molar refractivity (Wildman–Crippen MR) is 66.3 cm³/mol. The Morgan fingerprint density at radius 1 is 1.50 bits per heavy atom. The number of nitrogens with zero attached hydrogens (tertiary/aromatic N) is 2. The van der Waals surface area contributed by atoms with Crippen LogP contribution in [0.3, 0.4) is 0 Å². The number of amidine groups is 1. The van der Waals surface area contributed by atoms with Gasteiger partial charge in [0.05, 0.1) is 6.04 Å². The molecule has 92 valence electrons. The summed E-state index contributed by atoms with van der Waals surface area (Å²) in [7, 11) is 1.72. The monoisotopic (exact) mass is 226 g/mol. The van der Waals surface area contributed by atoms with Crippen molar-refractivity contribution < 1.29 is 4.84 Å². The summed E-state index contributed by atoms with van der Waals surface area (Å²) in [5.41, 5.74) is 2.76. The molecule has 5 nitrogen and oxygen atoms in total. The van der Waals surface area contributed by atoms with Crippen molar-refractivity contribution in [2.75, 3.05) is 33.2 Å². The molecule has 0 radical (unpaired) electrons. The van der Waals surface area contributed by atoms with Gasteiger partial charge in [0, 0.05) is 33.2 Å². The Labute approximate surface area is 97.5 Å². The zero-order chi connectivity index (χ0) is 12.0. The molecule has 1 saturated heterocycles. The molecule has 16 heavy (non-hydrogen) atoms. The molecule has 0 aromatic rings. The lowest BCUT2D eigenvalue weighted by Gasteiger charge is -2.33. The smallest absolute Gasteiger partial charge is 0.141 e. The highest BCUT2D eigenvalue weighted by Gasteiger charge is 2.19. The number of piperazine rings is 1. The first-order chi connectivity index (χ1) is 7.65. The van der Waals surface area contributed by atoms with Gasteiger partial charge in [-0.2, -0.15) is 0 Å². The average molecular weight is 226 g/mol. The fraction of sp³-hybridized carbons (Fsp3) is 0.727. The fourth-order valence-electron chi connectivity index (χ4n) is 1.54. The third kappa shape index (κ3) is 3.83. The van der Waals surface area contributed by atoms with E-state index >= 15 is 0 Å². The zero-order valence-corrected chi connectivity index (χ0v) is 10.4. The van der Waals surface area contributed by atoms with Gasteiger partial charge < -0.3 is 10.2 Å². The summed E-state index contributed by atoms with van der Waals surface area (Å²) in [6, 6.07) is 0.222. The average Bonchev–Trinajstić information content (AvgIpc) is 2.35. The summed E-state index contributed by atoms with van der Waals surface area (Å²) in [5.74, 6) is 1.47. The first-order valence-corrected chi connectivity index (χ1v) is 5.65. The van der Waals surface area contributed by atoms with E-state index in [0.29, 0.717) is 0 Å². The van der Waals surface area contributed by atoms with E-state index in [1.54, 1.807) is 7.05 Å². The minimum atomic E-state index is 0.222. The normalized spacial score (nSPS) is 20.3. The summed E-state index contributed by atoms with van der Waals surface area (Å²) in [4.78, 5) is 11.7. The Bertz CT molecular complexity index is 259. The molecule has 0 saturated carbocycles. The van der Waals surface area contributed by atoms with Gasteiger partial charge in [-0.3, -0.25) is 9.89 Å². The second kappa shape index (κ2) is 6.50. The highest BCUT2D eigenvalue weighted by Crippen LogP contribution is 2.09. The Morgan fingerprint density at radius 2 is 2.12 bits per heavy atom. The topological polar surface area (TPSA) is 48.9 Å². The molecule has 5 heteroatoms. The van der Waals surface area contributed by atoms with E-state index in [9.17, 15) is 0 Å². The van der Waals surface area contributed by atoms with Crippen molar-refractivity contribution in [1.29, 1.82) is 0 Å². The number of hydrogen-bond donors (Lipinski definition) is 2. The third-order valence-corrected chi connectivity index (χ3v) is 2.83. The molecule has 1 aliphatic rings. The van der Waals surface area contributed by atoms with E-state index in [4.69, 9.17) is 4.84 Å². The van der Waals surface area contributed by atoms with Crippen LogP contribution < -0.4 is 10.8 Å². The van der Waals surface area contributed by atoms with Gasteiger partial charge in [-0.15, -0.1) is 0 Å². The van der Waals surface area contributed by atoms with Crippen LogP contribution in [-0.4, -0.2) is 50.0 Å². The largest absolute Gasteiger partial charge is 0.384 e. The second-order valence-electron chi connectivity index (χ2n) is 3.94. The molecule has 1 unspecified atom stereocenters. The number of rotatable bonds is 4. The van der Waals surface area contributed by atoms with Crippen LogP contribution in [0.25, 0.3) is 0 Å². The Morgan fingerprint density at radius 3 is 2.69 bits per heavy atom. The van der Waals surface area contributed by atoms with E-state index in [1.165, 1.54) is 0 Å². The predicted octanol–water partition coefficient (Wildman–Crippen LogP) is 0.363. The van der Waals surface area contributed by atoms with E-state index in [0.717, 1.165) is 37.8 Å². The van der Waals surface area contributed by atoms with Gasteiger partial charge in [-0.05, 0) is 13.8 Å². The standard InChI is InChI=1S/C11H22N4O/c1-9(15-7-5-13-6-8-15)10(2)16-14-11(3)12-4/h9,13H,2,5-8H2,1,3-4H3,(H,12,14). The van der Waals surface area contributed by atoms with Crippen LogP contribution in [0, 0.1) is 0 Å². The van der Waals surface area contributed by atoms with Gasteiger partial charge in [0.2, 0.25) is 0 Å². The molecule has 2 N–H and O–H groups in total. The highest BCUT2D eigenvalue weighted by atomic mass is 16.6. The first-order valence-electron chi connectivity index (χ1n) is 5.65. The maximum absolute atomic E-state index is 5.37. The van der Waals surface area contributed by atoms with Gasteiger partial charge in [0.25, 0.3) is 0 Å². The van der Waals surface area contributed by atoms with E-state index < -0.39 is 0 Å². The van der Waals surface area contributed by atoms with Crippen LogP contribution in [-0.2, 0) is 4.84 Å². The first kappa shape index (κ1) is 13.0. The highest BCUT2D eigenvalue weighted by molar-refractivity contribution is 5.78. The third-order valence-electron chi connectivity index (χ3n) is 2.83. The number of hydroxylamine groups is 1. The lowest BCUT2D eigenvalue weighted by atomic mass is 10.2. The van der Waals surface area contributed by atoms with Gasteiger partial charge in [-0.25, -0.2) is 5.48 Å². The van der Waals surface area contributed by atoms with Crippen LogP contribution in [0.5, 0.6) is 0 Å². The molecule has 0 amide bonds. The Hall–Kier alpha value is -1.07. The molecule has 0 spiro atoms. The summed E-state index contributed by atoms with van der Waals surface area (Å²) >= 11 is 0. The van der Waals surface area contributed by atoms with E-state index in [1.807, 2.05) is 6.92 Å². The van der Waals surface area contributed by atoms with Gasteiger partial charge >= 0.3 is 0 Å². The number of nitrogens with one attached hydrogen (secondary N) is 2. The zero-order valence-electron chi connectivity index (χ0n) is 10.4. The van der Waals surface area contributed by atoms with Crippen LogP contribution in [0.2, 0.25) is 0 Å². The number of hydrogen-bond acceptors (Lipinski definition) is 4. The van der Waals surface area contributed by atoms with Crippen LogP contribution >= 0.6 is 0 Å². The molecule has 1 aliphatic heterocycles. The summed E-state index contributed by atoms with van der Waals surface area (Å²) in [6.07, 6.45) is 0. The van der Waals surface area contributed by atoms with Crippen LogP contribution in [0.1, 0.15) is 13.8 Å². The van der Waals surface area contributed by atoms with E-state index in [2.05, 4.69) is 34.2 Å². The number of aliphatic imine (C=N–C) groups is 1. The maximum atomic E-state index is 5.37. The molecule has 1 fully saturated rings. The van der Waals surface area contributed by atoms with Crippen molar-refractivity contribution in [2.24, 2.45) is 4.99 Å². The molecular formula is C11H22N4O. The van der Waals surface area contributed by atoms with Gasteiger partial charge in [-0.1, -0.05) is 6.58 Å². The fourth-order valence-corrected chi connectivity index (χ4v) is 1.54. The molecular weight excluding hydrogens is 204 g/mol. The van der Waals surface area contributed by atoms with Crippen molar-refractivity contribution in [3.8, 4) is 0 Å². The molecule has 0 aromatic heterocycles. The Balaban J connectivity index is 2.34. The molecule has 0 aliphatic carbocycles. The van der Waals surface area contributed by atoms with Gasteiger partial charge in [0.1, 0.15) is 11.6 Å². The van der Waals surface area contributed by atoms with Crippen molar-refractivity contribution in [2.45, 2.75) is 19.9 Å². The summed E-state index contributed by atoms with van der Waals surface area (Å²) < 4.78 is 0. The van der Waals surface area contributed by atoms with Crippen molar-refractivity contribution in [1.82, 2.24) is 15.7 Å². The molecule has 0 bridgehead atoms. The lowest BCUT2D eigenvalue weighted by molar-refractivity contribution is 0.0929. The second-order valence-corrected chi connectivity index (χ2v) is 3.94. The summed E-state index contributed by atoms with van der Waals surface area (Å²) in [5, 5.41) is 3.32.